The number of hydrogen-bond donors (Lipinski definition) is 2. The Morgan fingerprint density at radius 3 is 2.63 bits per heavy atom. The Hall–Kier alpha value is -2.13. The van der Waals surface area contributed by atoms with Gasteiger partial charge in [0.15, 0.2) is 5.96 Å². The van der Waals surface area contributed by atoms with Crippen LogP contribution < -0.4 is 15.8 Å². The second-order valence-corrected chi connectivity index (χ2v) is 6.91. The number of aliphatic imine (C=N–C) groups is 1. The number of anilines is 1. The van der Waals surface area contributed by atoms with Crippen LogP contribution >= 0.6 is 35.3 Å². The topological polar surface area (TPSA) is 72.5 Å². The van der Waals surface area contributed by atoms with E-state index >= 15 is 0 Å². The van der Waals surface area contributed by atoms with E-state index in [1.54, 1.807) is 11.3 Å². The van der Waals surface area contributed by atoms with Gasteiger partial charge in [-0.3, -0.25) is 4.99 Å². The highest BCUT2D eigenvalue weighted by Crippen LogP contribution is 2.24. The van der Waals surface area contributed by atoms with Crippen LogP contribution in [0.1, 0.15) is 23.5 Å². The summed E-state index contributed by atoms with van der Waals surface area (Å²) in [5.41, 5.74) is 7.90. The second-order valence-electron chi connectivity index (χ2n) is 6.02. The Labute approximate surface area is 180 Å². The minimum atomic E-state index is 0. The fourth-order valence-corrected chi connectivity index (χ4v) is 3.21. The van der Waals surface area contributed by atoms with Gasteiger partial charge in [0.05, 0.1) is 11.6 Å². The minimum absolute atomic E-state index is 0. The zero-order valence-electron chi connectivity index (χ0n) is 15.3. The molecule has 3 aromatic rings. The van der Waals surface area contributed by atoms with E-state index in [4.69, 9.17) is 10.5 Å². The summed E-state index contributed by atoms with van der Waals surface area (Å²) in [5, 5.41) is 6.24. The summed E-state index contributed by atoms with van der Waals surface area (Å²) in [7, 11) is 0. The Kier molecular flexibility index (Phi) is 8.05. The number of hydrogen-bond acceptors (Lipinski definition) is 4. The van der Waals surface area contributed by atoms with Crippen LogP contribution in [0, 0.1) is 6.92 Å². The first-order valence-electron chi connectivity index (χ1n) is 8.42. The molecule has 5 nitrogen and oxygen atoms in total. The molecule has 0 amide bonds. The lowest BCUT2D eigenvalue weighted by atomic mass is 10.2. The van der Waals surface area contributed by atoms with Crippen molar-refractivity contribution in [2.24, 2.45) is 10.7 Å². The van der Waals surface area contributed by atoms with Gasteiger partial charge in [-0.25, -0.2) is 4.98 Å². The van der Waals surface area contributed by atoms with E-state index in [2.05, 4.69) is 27.6 Å². The van der Waals surface area contributed by atoms with Crippen molar-refractivity contribution in [3.8, 4) is 11.5 Å². The highest BCUT2D eigenvalue weighted by Gasteiger charge is 2.09. The Balaban J connectivity index is 0.00000261. The van der Waals surface area contributed by atoms with Crippen molar-refractivity contribution in [1.82, 2.24) is 4.98 Å². The summed E-state index contributed by atoms with van der Waals surface area (Å²) in [4.78, 5) is 8.92. The number of rotatable bonds is 6. The maximum Gasteiger partial charge on any atom is 0.193 e. The number of halogens is 1. The molecular formula is C20H23IN4OS. The van der Waals surface area contributed by atoms with E-state index in [1.807, 2.05) is 61.5 Å². The summed E-state index contributed by atoms with van der Waals surface area (Å²) in [5.74, 6) is 2.14. The lowest BCUT2D eigenvalue weighted by Gasteiger charge is -2.10. The molecule has 3 N–H and O–H groups in total. The lowest BCUT2D eigenvalue weighted by Crippen LogP contribution is -2.23. The highest BCUT2D eigenvalue weighted by atomic mass is 127. The first kappa shape index (κ1) is 21.2. The molecule has 0 spiro atoms. The van der Waals surface area contributed by atoms with Crippen molar-refractivity contribution in [3.05, 3.63) is 70.7 Å². The van der Waals surface area contributed by atoms with E-state index < -0.39 is 0 Å². The third kappa shape index (κ3) is 6.51. The molecule has 3 rings (SSSR count). The molecule has 0 aliphatic heterocycles. The number of aromatic nitrogens is 1. The third-order valence-electron chi connectivity index (χ3n) is 3.68. The summed E-state index contributed by atoms with van der Waals surface area (Å²) >= 11 is 1.66. The molecule has 1 heterocycles. The maximum atomic E-state index is 6.02. The van der Waals surface area contributed by atoms with Gasteiger partial charge in [0.1, 0.15) is 11.5 Å². The normalized spacial score (nSPS) is 12.1. The number of nitrogens with zero attached hydrogens (tertiary/aromatic N) is 2. The second kappa shape index (κ2) is 10.3. The standard InChI is InChI=1S/C20H22N4OS.HI/c1-14(19-23-15(2)13-26-19)12-22-20(21)24-16-7-6-10-18(11-16)25-17-8-4-3-5-9-17;/h3-11,13-14H,12H2,1-2H3,(H3,21,22,24);1H. The van der Waals surface area contributed by atoms with Crippen LogP contribution in [0.25, 0.3) is 0 Å². The molecular weight excluding hydrogens is 471 g/mol. The molecule has 1 atom stereocenters. The molecule has 0 saturated carbocycles. The molecule has 0 aliphatic carbocycles. The Morgan fingerprint density at radius 2 is 1.93 bits per heavy atom. The van der Waals surface area contributed by atoms with Gasteiger partial charge in [0, 0.05) is 28.7 Å². The number of nitrogens with one attached hydrogen (secondary N) is 1. The molecule has 1 aromatic heterocycles. The average molecular weight is 494 g/mol. The quantitative estimate of drug-likeness (QED) is 0.274. The van der Waals surface area contributed by atoms with Crippen molar-refractivity contribution in [1.29, 1.82) is 0 Å². The monoisotopic (exact) mass is 494 g/mol. The molecule has 7 heteroatoms. The SMILES string of the molecule is Cc1csc(C(C)CN=C(N)Nc2cccc(Oc3ccccc3)c2)n1.I. The van der Waals surface area contributed by atoms with Crippen molar-refractivity contribution in [3.63, 3.8) is 0 Å². The number of benzene rings is 2. The molecule has 0 fully saturated rings. The van der Waals surface area contributed by atoms with E-state index in [0.29, 0.717) is 12.5 Å². The number of thiazole rings is 1. The predicted molar refractivity (Wildman–Crippen MR) is 124 cm³/mol. The van der Waals surface area contributed by atoms with Crippen LogP contribution in [-0.4, -0.2) is 17.5 Å². The summed E-state index contributed by atoms with van der Waals surface area (Å²) in [6, 6.07) is 17.3. The van der Waals surface area contributed by atoms with Gasteiger partial charge < -0.3 is 15.8 Å². The zero-order chi connectivity index (χ0) is 18.4. The largest absolute Gasteiger partial charge is 0.457 e. The molecule has 142 valence electrons. The lowest BCUT2D eigenvalue weighted by molar-refractivity contribution is 0.483. The van der Waals surface area contributed by atoms with Gasteiger partial charge in [-0.1, -0.05) is 31.2 Å². The molecule has 0 aliphatic rings. The van der Waals surface area contributed by atoms with Crippen LogP contribution in [0.15, 0.2) is 65.0 Å². The summed E-state index contributed by atoms with van der Waals surface area (Å²) < 4.78 is 5.83. The van der Waals surface area contributed by atoms with Crippen molar-refractivity contribution in [2.75, 3.05) is 11.9 Å². The Morgan fingerprint density at radius 1 is 1.19 bits per heavy atom. The van der Waals surface area contributed by atoms with Gasteiger partial charge in [-0.2, -0.15) is 0 Å². The van der Waals surface area contributed by atoms with Crippen LogP contribution in [0.3, 0.4) is 0 Å². The minimum Gasteiger partial charge on any atom is -0.457 e. The molecule has 2 aromatic carbocycles. The van der Waals surface area contributed by atoms with E-state index in [9.17, 15) is 0 Å². The number of ether oxygens (including phenoxy) is 1. The van der Waals surface area contributed by atoms with E-state index in [-0.39, 0.29) is 29.9 Å². The van der Waals surface area contributed by atoms with Gasteiger partial charge >= 0.3 is 0 Å². The van der Waals surface area contributed by atoms with Crippen LogP contribution in [0.5, 0.6) is 11.5 Å². The number of nitrogens with two attached hydrogens (primary N) is 1. The predicted octanol–water partition coefficient (Wildman–Crippen LogP) is 5.39. The summed E-state index contributed by atoms with van der Waals surface area (Å²) in [6.45, 7) is 4.69. The van der Waals surface area contributed by atoms with Crippen LogP contribution in [0.2, 0.25) is 0 Å². The van der Waals surface area contributed by atoms with E-state index in [0.717, 1.165) is 27.9 Å². The van der Waals surface area contributed by atoms with Crippen molar-refractivity contribution in [2.45, 2.75) is 19.8 Å². The zero-order valence-corrected chi connectivity index (χ0v) is 18.4. The van der Waals surface area contributed by atoms with Crippen LogP contribution in [0.4, 0.5) is 5.69 Å². The third-order valence-corrected chi connectivity index (χ3v) is 4.87. The molecule has 0 radical (unpaired) electrons. The molecule has 0 saturated heterocycles. The maximum absolute atomic E-state index is 6.02. The fraction of sp³-hybridized carbons (Fsp3) is 0.200. The number of aryl methyl sites for hydroxylation is 1. The van der Waals surface area contributed by atoms with Crippen LogP contribution in [-0.2, 0) is 0 Å². The van der Waals surface area contributed by atoms with E-state index in [1.165, 1.54) is 0 Å². The van der Waals surface area contributed by atoms with Gasteiger partial charge in [0.2, 0.25) is 0 Å². The van der Waals surface area contributed by atoms with Crippen molar-refractivity contribution < 1.29 is 4.74 Å². The first-order chi connectivity index (χ1) is 12.6. The highest BCUT2D eigenvalue weighted by molar-refractivity contribution is 14.0. The van der Waals surface area contributed by atoms with Gasteiger partial charge in [-0.05, 0) is 31.2 Å². The Bertz CT molecular complexity index is 882. The van der Waals surface area contributed by atoms with Crippen molar-refractivity contribution >= 4 is 47.0 Å². The smallest absolute Gasteiger partial charge is 0.193 e. The van der Waals surface area contributed by atoms with Gasteiger partial charge in [0.25, 0.3) is 0 Å². The summed E-state index contributed by atoms with van der Waals surface area (Å²) in [6.07, 6.45) is 0. The molecule has 0 bridgehead atoms. The average Bonchev–Trinajstić information content (AvgIpc) is 3.07. The first-order valence-corrected chi connectivity index (χ1v) is 9.30. The fourth-order valence-electron chi connectivity index (χ4n) is 2.36. The number of para-hydroxylation sites is 1. The van der Waals surface area contributed by atoms with Gasteiger partial charge in [-0.15, -0.1) is 35.3 Å². The molecule has 1 unspecified atom stereocenters. The number of guanidine groups is 1. The molecule has 27 heavy (non-hydrogen) atoms.